The summed E-state index contributed by atoms with van der Waals surface area (Å²) in [6.45, 7) is 2.22. The fraction of sp³-hybridized carbons (Fsp3) is 1.00. The van der Waals surface area contributed by atoms with Crippen LogP contribution in [0.1, 0.15) is 45.4 Å². The molecule has 2 atom stereocenters. The molecule has 2 aliphatic carbocycles. The normalized spacial score (nSPS) is 45.8. The lowest BCUT2D eigenvalue weighted by Crippen LogP contribution is -2.41. The first-order valence-corrected chi connectivity index (χ1v) is 4.96. The van der Waals surface area contributed by atoms with Crippen LogP contribution in [0, 0.1) is 11.8 Å². The van der Waals surface area contributed by atoms with Crippen LogP contribution < -0.4 is 5.73 Å². The van der Waals surface area contributed by atoms with Gasteiger partial charge in [-0.15, -0.1) is 0 Å². The molecule has 2 N–H and O–H groups in total. The molecule has 0 radical (unpaired) electrons. The molecule has 0 saturated heterocycles. The van der Waals surface area contributed by atoms with E-state index in [0.29, 0.717) is 0 Å². The van der Waals surface area contributed by atoms with Crippen molar-refractivity contribution < 1.29 is 0 Å². The number of nitrogens with two attached hydrogens (primary N) is 1. The predicted molar refractivity (Wildman–Crippen MR) is 47.3 cm³/mol. The minimum Gasteiger partial charge on any atom is -0.325 e. The van der Waals surface area contributed by atoms with Gasteiger partial charge in [-0.25, -0.2) is 0 Å². The second-order valence-corrected chi connectivity index (χ2v) is 4.85. The average molecular weight is 153 g/mol. The van der Waals surface area contributed by atoms with Crippen molar-refractivity contribution in [1.29, 1.82) is 0 Å². The highest BCUT2D eigenvalue weighted by Gasteiger charge is 2.37. The highest BCUT2D eigenvalue weighted by molar-refractivity contribution is 4.92. The third-order valence-electron chi connectivity index (χ3n) is 3.34. The first kappa shape index (κ1) is 7.60. The van der Waals surface area contributed by atoms with E-state index in [1.54, 1.807) is 0 Å². The van der Waals surface area contributed by atoms with E-state index in [2.05, 4.69) is 6.92 Å². The monoisotopic (exact) mass is 153 g/mol. The molecule has 0 spiro atoms. The molecule has 0 aromatic rings. The second-order valence-electron chi connectivity index (χ2n) is 4.85. The van der Waals surface area contributed by atoms with Crippen LogP contribution in [-0.4, -0.2) is 5.54 Å². The van der Waals surface area contributed by atoms with Gasteiger partial charge in [0.2, 0.25) is 0 Å². The first-order chi connectivity index (χ1) is 5.17. The summed E-state index contributed by atoms with van der Waals surface area (Å²) >= 11 is 0. The zero-order valence-corrected chi connectivity index (χ0v) is 7.47. The summed E-state index contributed by atoms with van der Waals surface area (Å²) in [5, 5.41) is 0. The third-order valence-corrected chi connectivity index (χ3v) is 3.34. The molecule has 2 rings (SSSR count). The predicted octanol–water partition coefficient (Wildman–Crippen LogP) is 2.30. The lowest BCUT2D eigenvalue weighted by atomic mass is 9.75. The van der Waals surface area contributed by atoms with Crippen LogP contribution in [0.4, 0.5) is 0 Å². The lowest BCUT2D eigenvalue weighted by Gasteiger charge is -2.35. The molecule has 2 fully saturated rings. The van der Waals surface area contributed by atoms with Gasteiger partial charge in [0.15, 0.2) is 0 Å². The molecule has 2 aliphatic rings. The van der Waals surface area contributed by atoms with Crippen molar-refractivity contribution in [2.24, 2.45) is 17.6 Å². The molecule has 0 aromatic heterocycles. The zero-order valence-electron chi connectivity index (χ0n) is 7.47. The average Bonchev–Trinajstić information content (AvgIpc) is 2.65. The number of hydrogen-bond donors (Lipinski definition) is 1. The SMILES string of the molecule is CC1(N)CCCC(C2CC2)C1. The van der Waals surface area contributed by atoms with Crippen molar-refractivity contribution in [3.8, 4) is 0 Å². The maximum atomic E-state index is 6.13. The minimum absolute atomic E-state index is 0.172. The van der Waals surface area contributed by atoms with Gasteiger partial charge in [0.1, 0.15) is 0 Å². The zero-order chi connectivity index (χ0) is 7.90. The van der Waals surface area contributed by atoms with Gasteiger partial charge in [0.25, 0.3) is 0 Å². The van der Waals surface area contributed by atoms with Crippen molar-refractivity contribution in [1.82, 2.24) is 0 Å². The van der Waals surface area contributed by atoms with Gasteiger partial charge >= 0.3 is 0 Å². The summed E-state index contributed by atoms with van der Waals surface area (Å²) in [6, 6.07) is 0. The fourth-order valence-electron chi connectivity index (χ4n) is 2.54. The van der Waals surface area contributed by atoms with E-state index in [1.807, 2.05) is 0 Å². The minimum atomic E-state index is 0.172. The fourth-order valence-corrected chi connectivity index (χ4v) is 2.54. The van der Waals surface area contributed by atoms with Gasteiger partial charge < -0.3 is 5.73 Å². The molecule has 2 unspecified atom stereocenters. The van der Waals surface area contributed by atoms with Crippen LogP contribution in [-0.2, 0) is 0 Å². The molecule has 64 valence electrons. The Kier molecular flexibility index (Phi) is 1.71. The largest absolute Gasteiger partial charge is 0.325 e. The van der Waals surface area contributed by atoms with Crippen LogP contribution in [0.25, 0.3) is 0 Å². The topological polar surface area (TPSA) is 26.0 Å². The lowest BCUT2D eigenvalue weighted by molar-refractivity contribution is 0.221. The molecule has 0 heterocycles. The Bertz CT molecular complexity index is 147. The highest BCUT2D eigenvalue weighted by atomic mass is 14.7. The summed E-state index contributed by atoms with van der Waals surface area (Å²) in [7, 11) is 0. The second kappa shape index (κ2) is 2.48. The van der Waals surface area contributed by atoms with Gasteiger partial charge in [-0.05, 0) is 44.4 Å². The molecule has 0 bridgehead atoms. The Morgan fingerprint density at radius 2 is 1.91 bits per heavy atom. The number of rotatable bonds is 1. The van der Waals surface area contributed by atoms with Crippen molar-refractivity contribution >= 4 is 0 Å². The van der Waals surface area contributed by atoms with Gasteiger partial charge in [-0.2, -0.15) is 0 Å². The summed E-state index contributed by atoms with van der Waals surface area (Å²) in [6.07, 6.45) is 8.33. The summed E-state index contributed by atoms with van der Waals surface area (Å²) in [4.78, 5) is 0. The molecule has 0 aliphatic heterocycles. The molecule has 11 heavy (non-hydrogen) atoms. The molecule has 0 amide bonds. The van der Waals surface area contributed by atoms with Crippen LogP contribution in [0.3, 0.4) is 0 Å². The van der Waals surface area contributed by atoms with Crippen LogP contribution in [0.15, 0.2) is 0 Å². The summed E-state index contributed by atoms with van der Waals surface area (Å²) in [5.74, 6) is 2.05. The molecule has 0 aromatic carbocycles. The van der Waals surface area contributed by atoms with E-state index >= 15 is 0 Å². The standard InChI is InChI=1S/C10H19N/c1-10(11)6-2-3-9(7-10)8-4-5-8/h8-9H,2-7,11H2,1H3. The van der Waals surface area contributed by atoms with E-state index in [4.69, 9.17) is 5.73 Å². The van der Waals surface area contributed by atoms with Gasteiger partial charge in [0.05, 0.1) is 0 Å². The van der Waals surface area contributed by atoms with E-state index in [1.165, 1.54) is 38.5 Å². The molecule has 2 saturated carbocycles. The van der Waals surface area contributed by atoms with Crippen LogP contribution >= 0.6 is 0 Å². The summed E-state index contributed by atoms with van der Waals surface area (Å²) in [5.41, 5.74) is 6.31. The van der Waals surface area contributed by atoms with Crippen molar-refractivity contribution in [2.45, 2.75) is 51.0 Å². The summed E-state index contributed by atoms with van der Waals surface area (Å²) < 4.78 is 0. The van der Waals surface area contributed by atoms with Crippen LogP contribution in [0.5, 0.6) is 0 Å². The van der Waals surface area contributed by atoms with Gasteiger partial charge in [0, 0.05) is 5.54 Å². The molecule has 1 heteroatoms. The van der Waals surface area contributed by atoms with E-state index in [9.17, 15) is 0 Å². The molecular formula is C10H19N. The molecular weight excluding hydrogens is 134 g/mol. The maximum Gasteiger partial charge on any atom is 0.0128 e. The van der Waals surface area contributed by atoms with E-state index < -0.39 is 0 Å². The van der Waals surface area contributed by atoms with Crippen molar-refractivity contribution in [2.75, 3.05) is 0 Å². The third kappa shape index (κ3) is 1.76. The smallest absolute Gasteiger partial charge is 0.0128 e. The van der Waals surface area contributed by atoms with E-state index in [-0.39, 0.29) is 5.54 Å². The molecule has 1 nitrogen and oxygen atoms in total. The Hall–Kier alpha value is -0.0400. The Balaban J connectivity index is 1.92. The highest BCUT2D eigenvalue weighted by Crippen LogP contribution is 2.45. The van der Waals surface area contributed by atoms with Crippen LogP contribution in [0.2, 0.25) is 0 Å². The van der Waals surface area contributed by atoms with Crippen molar-refractivity contribution in [3.05, 3.63) is 0 Å². The Morgan fingerprint density at radius 3 is 2.45 bits per heavy atom. The van der Waals surface area contributed by atoms with E-state index in [0.717, 1.165) is 11.8 Å². The maximum absolute atomic E-state index is 6.13. The Labute approximate surface area is 69.4 Å². The quantitative estimate of drug-likeness (QED) is 0.614. The van der Waals surface area contributed by atoms with Gasteiger partial charge in [-0.3, -0.25) is 0 Å². The Morgan fingerprint density at radius 1 is 1.18 bits per heavy atom. The first-order valence-electron chi connectivity index (χ1n) is 4.96. The van der Waals surface area contributed by atoms with Crippen molar-refractivity contribution in [3.63, 3.8) is 0 Å². The van der Waals surface area contributed by atoms with Gasteiger partial charge in [-0.1, -0.05) is 12.8 Å². The number of hydrogen-bond acceptors (Lipinski definition) is 1.